The molecule has 0 radical (unpaired) electrons. The number of carboxylic acids is 1. The van der Waals surface area contributed by atoms with Crippen molar-refractivity contribution in [3.8, 4) is 5.75 Å². The third kappa shape index (κ3) is 6.09. The third-order valence-corrected chi connectivity index (χ3v) is 7.25. The Kier molecular flexibility index (Phi) is 8.14. The van der Waals surface area contributed by atoms with Crippen LogP contribution in [-0.2, 0) is 16.2 Å². The van der Waals surface area contributed by atoms with Gasteiger partial charge in [0.2, 0.25) is 5.91 Å². The Labute approximate surface area is 196 Å². The van der Waals surface area contributed by atoms with Crippen molar-refractivity contribution in [2.45, 2.75) is 61.3 Å². The zero-order valence-electron chi connectivity index (χ0n) is 17.2. The molecule has 1 saturated carbocycles. The van der Waals surface area contributed by atoms with Gasteiger partial charge in [0.15, 0.2) is 0 Å². The van der Waals surface area contributed by atoms with Gasteiger partial charge in [-0.2, -0.15) is 0 Å². The minimum Gasteiger partial charge on any atom is -0.489 e. The predicted octanol–water partition coefficient (Wildman–Crippen LogP) is 5.96. The standard InChI is InChI=1S/C23H25Cl2NO4S/c1-15(21(27)26-23(22(28)29)12-3-2-4-13-23)31-17-10-8-16(9-11-17)30-14-18-19(24)6-5-7-20(18)25/h5-11,15H,2-4,12-14H2,1H3,(H,26,27)(H,28,29). The summed E-state index contributed by atoms with van der Waals surface area (Å²) >= 11 is 13.7. The molecule has 5 nitrogen and oxygen atoms in total. The second kappa shape index (κ2) is 10.6. The number of benzene rings is 2. The van der Waals surface area contributed by atoms with Gasteiger partial charge in [-0.1, -0.05) is 48.5 Å². The SMILES string of the molecule is CC(Sc1ccc(OCc2c(Cl)cccc2Cl)cc1)C(=O)NC1(C(=O)O)CCCCC1. The van der Waals surface area contributed by atoms with Crippen molar-refractivity contribution < 1.29 is 19.4 Å². The molecule has 31 heavy (non-hydrogen) atoms. The number of nitrogens with one attached hydrogen (secondary N) is 1. The van der Waals surface area contributed by atoms with E-state index >= 15 is 0 Å². The average Bonchev–Trinajstić information content (AvgIpc) is 2.75. The van der Waals surface area contributed by atoms with E-state index in [4.69, 9.17) is 27.9 Å². The van der Waals surface area contributed by atoms with Gasteiger partial charge in [-0.3, -0.25) is 4.79 Å². The van der Waals surface area contributed by atoms with Gasteiger partial charge < -0.3 is 15.2 Å². The second-order valence-corrected chi connectivity index (χ2v) is 9.89. The number of thioether (sulfide) groups is 1. The van der Waals surface area contributed by atoms with E-state index in [1.807, 2.05) is 24.3 Å². The lowest BCUT2D eigenvalue weighted by Gasteiger charge is -2.34. The first-order valence-electron chi connectivity index (χ1n) is 10.2. The molecule has 1 unspecified atom stereocenters. The molecule has 2 aromatic carbocycles. The summed E-state index contributed by atoms with van der Waals surface area (Å²) in [6.07, 6.45) is 3.59. The molecule has 1 amide bonds. The summed E-state index contributed by atoms with van der Waals surface area (Å²) in [4.78, 5) is 25.3. The van der Waals surface area contributed by atoms with E-state index in [0.717, 1.165) is 29.7 Å². The van der Waals surface area contributed by atoms with E-state index in [1.165, 1.54) is 11.8 Å². The Bertz CT molecular complexity index is 909. The van der Waals surface area contributed by atoms with E-state index < -0.39 is 16.8 Å². The zero-order chi connectivity index (χ0) is 22.4. The number of halogens is 2. The molecule has 0 aromatic heterocycles. The highest BCUT2D eigenvalue weighted by atomic mass is 35.5. The Balaban J connectivity index is 1.56. The maximum Gasteiger partial charge on any atom is 0.329 e. The summed E-state index contributed by atoms with van der Waals surface area (Å²) in [6, 6.07) is 12.7. The first-order valence-corrected chi connectivity index (χ1v) is 11.8. The monoisotopic (exact) mass is 481 g/mol. The van der Waals surface area contributed by atoms with E-state index in [1.54, 1.807) is 25.1 Å². The van der Waals surface area contributed by atoms with Gasteiger partial charge in [0.25, 0.3) is 0 Å². The van der Waals surface area contributed by atoms with Crippen LogP contribution in [0.5, 0.6) is 5.75 Å². The smallest absolute Gasteiger partial charge is 0.329 e. The Morgan fingerprint density at radius 2 is 1.71 bits per heavy atom. The van der Waals surface area contributed by atoms with Crippen LogP contribution in [0.3, 0.4) is 0 Å². The van der Waals surface area contributed by atoms with Crippen LogP contribution in [0.1, 0.15) is 44.6 Å². The molecule has 0 heterocycles. The minimum absolute atomic E-state index is 0.251. The highest BCUT2D eigenvalue weighted by Crippen LogP contribution is 2.31. The molecule has 0 saturated heterocycles. The van der Waals surface area contributed by atoms with Crippen molar-refractivity contribution in [2.75, 3.05) is 0 Å². The van der Waals surface area contributed by atoms with Crippen LogP contribution >= 0.6 is 35.0 Å². The van der Waals surface area contributed by atoms with E-state index in [2.05, 4.69) is 5.32 Å². The molecule has 1 atom stereocenters. The lowest BCUT2D eigenvalue weighted by molar-refractivity contribution is -0.149. The highest BCUT2D eigenvalue weighted by molar-refractivity contribution is 8.00. The lowest BCUT2D eigenvalue weighted by atomic mass is 9.81. The molecule has 2 aromatic rings. The quantitative estimate of drug-likeness (QED) is 0.455. The Morgan fingerprint density at radius 1 is 1.10 bits per heavy atom. The summed E-state index contributed by atoms with van der Waals surface area (Å²) in [5, 5.41) is 13.1. The molecule has 1 aliphatic rings. The second-order valence-electron chi connectivity index (χ2n) is 7.66. The molecule has 3 rings (SSSR count). The van der Waals surface area contributed by atoms with Crippen molar-refractivity contribution in [3.05, 3.63) is 58.1 Å². The van der Waals surface area contributed by atoms with Crippen LogP contribution in [0, 0.1) is 0 Å². The van der Waals surface area contributed by atoms with Crippen LogP contribution in [0.2, 0.25) is 10.0 Å². The van der Waals surface area contributed by atoms with Crippen molar-refractivity contribution >= 4 is 46.8 Å². The zero-order valence-corrected chi connectivity index (χ0v) is 19.5. The summed E-state index contributed by atoms with van der Waals surface area (Å²) in [5.41, 5.74) is -0.411. The van der Waals surface area contributed by atoms with Gasteiger partial charge in [-0.15, -0.1) is 11.8 Å². The van der Waals surface area contributed by atoms with E-state index in [0.29, 0.717) is 28.6 Å². The first-order chi connectivity index (χ1) is 14.8. The number of ether oxygens (including phenoxy) is 1. The molecule has 0 aliphatic heterocycles. The minimum atomic E-state index is -1.14. The van der Waals surface area contributed by atoms with Gasteiger partial charge in [0.05, 0.1) is 5.25 Å². The summed E-state index contributed by atoms with van der Waals surface area (Å²) < 4.78 is 5.78. The lowest BCUT2D eigenvalue weighted by Crippen LogP contribution is -2.57. The summed E-state index contributed by atoms with van der Waals surface area (Å²) in [6.45, 7) is 2.03. The fraction of sp³-hybridized carbons (Fsp3) is 0.391. The van der Waals surface area contributed by atoms with Crippen LogP contribution in [0.15, 0.2) is 47.4 Å². The number of carbonyl (C=O) groups excluding carboxylic acids is 1. The number of amides is 1. The van der Waals surface area contributed by atoms with Crippen molar-refractivity contribution in [2.24, 2.45) is 0 Å². The number of carboxylic acid groups (broad SMARTS) is 1. The molecular formula is C23H25Cl2NO4S. The first kappa shape index (κ1) is 23.8. The van der Waals surface area contributed by atoms with Crippen LogP contribution in [0.25, 0.3) is 0 Å². The average molecular weight is 482 g/mol. The predicted molar refractivity (Wildman–Crippen MR) is 124 cm³/mol. The fourth-order valence-electron chi connectivity index (χ4n) is 3.58. The normalized spacial score (nSPS) is 16.4. The number of hydrogen-bond donors (Lipinski definition) is 2. The maximum atomic E-state index is 12.7. The molecule has 166 valence electrons. The van der Waals surface area contributed by atoms with Gasteiger partial charge in [-0.05, 0) is 56.2 Å². The number of hydrogen-bond acceptors (Lipinski definition) is 4. The van der Waals surface area contributed by atoms with Crippen molar-refractivity contribution in [1.82, 2.24) is 5.32 Å². The van der Waals surface area contributed by atoms with Gasteiger partial charge >= 0.3 is 5.97 Å². The van der Waals surface area contributed by atoms with Gasteiger partial charge in [0, 0.05) is 20.5 Å². The Morgan fingerprint density at radius 3 is 2.29 bits per heavy atom. The molecule has 1 fully saturated rings. The topological polar surface area (TPSA) is 75.6 Å². The van der Waals surface area contributed by atoms with Crippen LogP contribution in [-0.4, -0.2) is 27.8 Å². The van der Waals surface area contributed by atoms with Crippen LogP contribution in [0.4, 0.5) is 0 Å². The van der Waals surface area contributed by atoms with E-state index in [9.17, 15) is 14.7 Å². The summed E-state index contributed by atoms with van der Waals surface area (Å²) in [5.74, 6) is -0.551. The maximum absolute atomic E-state index is 12.7. The largest absolute Gasteiger partial charge is 0.489 e. The van der Waals surface area contributed by atoms with Crippen molar-refractivity contribution in [1.29, 1.82) is 0 Å². The van der Waals surface area contributed by atoms with Crippen LogP contribution < -0.4 is 10.1 Å². The number of rotatable bonds is 8. The molecule has 0 spiro atoms. The molecule has 2 N–H and O–H groups in total. The van der Waals surface area contributed by atoms with Gasteiger partial charge in [0.1, 0.15) is 17.9 Å². The molecule has 8 heteroatoms. The molecular weight excluding hydrogens is 457 g/mol. The van der Waals surface area contributed by atoms with Gasteiger partial charge in [-0.25, -0.2) is 4.79 Å². The third-order valence-electron chi connectivity index (χ3n) is 5.43. The fourth-order valence-corrected chi connectivity index (χ4v) is 4.96. The number of carbonyl (C=O) groups is 2. The highest BCUT2D eigenvalue weighted by Gasteiger charge is 2.41. The van der Waals surface area contributed by atoms with Crippen molar-refractivity contribution in [3.63, 3.8) is 0 Å². The molecule has 0 bridgehead atoms. The number of aliphatic carboxylic acids is 1. The molecule has 1 aliphatic carbocycles. The summed E-state index contributed by atoms with van der Waals surface area (Å²) in [7, 11) is 0. The Hall–Kier alpha value is -1.89. The van der Waals surface area contributed by atoms with E-state index in [-0.39, 0.29) is 12.5 Å².